The number of aromatic nitrogens is 4. The second-order valence-electron chi connectivity index (χ2n) is 4.72. The van der Waals surface area contributed by atoms with Gasteiger partial charge in [0.1, 0.15) is 5.15 Å². The number of halogens is 1. The number of hydrogen-bond acceptors (Lipinski definition) is 3. The van der Waals surface area contributed by atoms with Gasteiger partial charge < -0.3 is 0 Å². The molecular formula is C13H17ClN4O2. The molecule has 1 unspecified atom stereocenters. The summed E-state index contributed by atoms with van der Waals surface area (Å²) in [7, 11) is 0. The van der Waals surface area contributed by atoms with Crippen LogP contribution in [0.15, 0.2) is 28.0 Å². The van der Waals surface area contributed by atoms with Crippen molar-refractivity contribution in [1.82, 2.24) is 19.3 Å². The van der Waals surface area contributed by atoms with E-state index in [0.717, 1.165) is 6.42 Å². The van der Waals surface area contributed by atoms with E-state index < -0.39 is 5.69 Å². The summed E-state index contributed by atoms with van der Waals surface area (Å²) in [5, 5.41) is 4.22. The van der Waals surface area contributed by atoms with Gasteiger partial charge in [0, 0.05) is 12.4 Å². The Morgan fingerprint density at radius 3 is 2.80 bits per heavy atom. The molecule has 1 atom stereocenters. The molecule has 7 heteroatoms. The second-order valence-corrected chi connectivity index (χ2v) is 5.10. The fraction of sp³-hybridized carbons (Fsp3) is 0.462. The molecule has 0 radical (unpaired) electrons. The molecule has 2 aromatic rings. The van der Waals surface area contributed by atoms with Gasteiger partial charge in [0.15, 0.2) is 0 Å². The predicted octanol–water partition coefficient (Wildman–Crippen LogP) is 1.60. The summed E-state index contributed by atoms with van der Waals surface area (Å²) in [5.74, 6) is 0. The molecule has 0 spiro atoms. The molecule has 6 nitrogen and oxygen atoms in total. The van der Waals surface area contributed by atoms with E-state index in [4.69, 9.17) is 11.6 Å². The van der Waals surface area contributed by atoms with Crippen molar-refractivity contribution in [2.75, 3.05) is 0 Å². The Hall–Kier alpha value is -1.82. The van der Waals surface area contributed by atoms with E-state index in [1.54, 1.807) is 23.1 Å². The van der Waals surface area contributed by atoms with Crippen molar-refractivity contribution in [3.05, 3.63) is 50.0 Å². The zero-order valence-corrected chi connectivity index (χ0v) is 12.2. The van der Waals surface area contributed by atoms with Crippen LogP contribution >= 0.6 is 11.6 Å². The summed E-state index contributed by atoms with van der Waals surface area (Å²) in [6.07, 6.45) is 4.78. The van der Waals surface area contributed by atoms with Gasteiger partial charge in [-0.3, -0.25) is 19.0 Å². The zero-order valence-electron chi connectivity index (χ0n) is 11.5. The summed E-state index contributed by atoms with van der Waals surface area (Å²) in [6, 6.07) is 1.49. The van der Waals surface area contributed by atoms with E-state index >= 15 is 0 Å². The molecule has 0 amide bonds. The predicted molar refractivity (Wildman–Crippen MR) is 77.3 cm³/mol. The minimum absolute atomic E-state index is 0.143. The van der Waals surface area contributed by atoms with Gasteiger partial charge in [0.25, 0.3) is 5.56 Å². The van der Waals surface area contributed by atoms with Crippen LogP contribution in [0.1, 0.15) is 31.9 Å². The molecule has 0 aliphatic carbocycles. The number of nitrogens with one attached hydrogen (secondary N) is 1. The van der Waals surface area contributed by atoms with Gasteiger partial charge in [-0.2, -0.15) is 5.10 Å². The van der Waals surface area contributed by atoms with Crippen LogP contribution in [0.4, 0.5) is 0 Å². The fourth-order valence-corrected chi connectivity index (χ4v) is 2.45. The van der Waals surface area contributed by atoms with Crippen LogP contribution in [-0.2, 0) is 13.0 Å². The highest BCUT2D eigenvalue weighted by Gasteiger charge is 2.16. The van der Waals surface area contributed by atoms with Crippen molar-refractivity contribution in [2.24, 2.45) is 0 Å². The van der Waals surface area contributed by atoms with Gasteiger partial charge in [-0.25, -0.2) is 4.79 Å². The maximum Gasteiger partial charge on any atom is 0.329 e. The van der Waals surface area contributed by atoms with Crippen LogP contribution in [-0.4, -0.2) is 19.3 Å². The summed E-state index contributed by atoms with van der Waals surface area (Å²) in [5.41, 5.74) is -0.346. The Kier molecular flexibility index (Phi) is 4.44. The standard InChI is InChI=1S/C13H17ClN4O2/c1-3-5-10-11(14)16-13(20)18(12(10)19)9(2)8-17-7-4-6-15-17/h4,6-7,9H,3,5,8H2,1-2H3,(H,16,20). The molecular weight excluding hydrogens is 280 g/mol. The fourth-order valence-electron chi connectivity index (χ4n) is 2.19. The van der Waals surface area contributed by atoms with Crippen molar-refractivity contribution in [3.8, 4) is 0 Å². The lowest BCUT2D eigenvalue weighted by molar-refractivity contribution is 0.411. The van der Waals surface area contributed by atoms with Gasteiger partial charge in [0.2, 0.25) is 0 Å². The SMILES string of the molecule is CCCc1c(Cl)[nH]c(=O)n(C(C)Cn2cccn2)c1=O. The Balaban J connectivity index is 2.43. The third-order valence-electron chi connectivity index (χ3n) is 3.13. The zero-order chi connectivity index (χ0) is 14.7. The molecule has 2 rings (SSSR count). The Morgan fingerprint density at radius 2 is 2.20 bits per heavy atom. The number of nitrogens with zero attached hydrogens (tertiary/aromatic N) is 3. The Bertz CT molecular complexity index is 687. The van der Waals surface area contributed by atoms with E-state index in [1.807, 2.05) is 13.8 Å². The maximum atomic E-state index is 12.4. The van der Waals surface area contributed by atoms with E-state index in [9.17, 15) is 9.59 Å². The normalized spacial score (nSPS) is 12.6. The molecule has 0 fully saturated rings. The lowest BCUT2D eigenvalue weighted by Crippen LogP contribution is -2.40. The van der Waals surface area contributed by atoms with Crippen LogP contribution in [0.2, 0.25) is 5.15 Å². The monoisotopic (exact) mass is 296 g/mol. The van der Waals surface area contributed by atoms with Crippen LogP contribution < -0.4 is 11.2 Å². The maximum absolute atomic E-state index is 12.4. The largest absolute Gasteiger partial charge is 0.329 e. The molecule has 1 N–H and O–H groups in total. The summed E-state index contributed by atoms with van der Waals surface area (Å²) in [4.78, 5) is 26.9. The van der Waals surface area contributed by atoms with Crippen molar-refractivity contribution in [1.29, 1.82) is 0 Å². The average molecular weight is 297 g/mol. The summed E-state index contributed by atoms with van der Waals surface area (Å²) >= 11 is 5.95. The van der Waals surface area contributed by atoms with Crippen molar-refractivity contribution >= 4 is 11.6 Å². The van der Waals surface area contributed by atoms with Crippen LogP contribution in [0.25, 0.3) is 0 Å². The van der Waals surface area contributed by atoms with Crippen LogP contribution in [0.3, 0.4) is 0 Å². The molecule has 0 saturated carbocycles. The topological polar surface area (TPSA) is 72.7 Å². The number of rotatable bonds is 5. The highest BCUT2D eigenvalue weighted by molar-refractivity contribution is 6.30. The smallest absolute Gasteiger partial charge is 0.297 e. The molecule has 0 bridgehead atoms. The van der Waals surface area contributed by atoms with Crippen LogP contribution in [0, 0.1) is 0 Å². The highest BCUT2D eigenvalue weighted by Crippen LogP contribution is 2.10. The molecule has 0 aliphatic rings. The Morgan fingerprint density at radius 1 is 1.45 bits per heavy atom. The van der Waals surface area contributed by atoms with Crippen LogP contribution in [0.5, 0.6) is 0 Å². The molecule has 108 valence electrons. The Labute approximate surface area is 121 Å². The first-order valence-corrected chi connectivity index (χ1v) is 6.93. The van der Waals surface area contributed by atoms with Crippen molar-refractivity contribution in [2.45, 2.75) is 39.3 Å². The van der Waals surface area contributed by atoms with Crippen molar-refractivity contribution in [3.63, 3.8) is 0 Å². The first-order valence-electron chi connectivity index (χ1n) is 6.55. The minimum Gasteiger partial charge on any atom is -0.297 e. The number of hydrogen-bond donors (Lipinski definition) is 1. The molecule has 2 heterocycles. The third kappa shape index (κ3) is 2.85. The third-order valence-corrected chi connectivity index (χ3v) is 3.45. The van der Waals surface area contributed by atoms with Gasteiger partial charge in [-0.05, 0) is 19.4 Å². The lowest BCUT2D eigenvalue weighted by Gasteiger charge is -2.15. The quantitative estimate of drug-likeness (QED) is 0.852. The van der Waals surface area contributed by atoms with Gasteiger partial charge in [-0.15, -0.1) is 0 Å². The summed E-state index contributed by atoms with van der Waals surface area (Å²) in [6.45, 7) is 4.21. The second kappa shape index (κ2) is 6.09. The molecule has 0 aliphatic heterocycles. The van der Waals surface area contributed by atoms with E-state index in [2.05, 4.69) is 10.1 Å². The number of aromatic amines is 1. The molecule has 0 saturated heterocycles. The van der Waals surface area contributed by atoms with E-state index in [1.165, 1.54) is 4.57 Å². The van der Waals surface area contributed by atoms with E-state index in [-0.39, 0.29) is 16.8 Å². The first kappa shape index (κ1) is 14.6. The molecule has 0 aromatic carbocycles. The minimum atomic E-state index is -0.487. The number of H-pyrrole nitrogens is 1. The van der Waals surface area contributed by atoms with E-state index in [0.29, 0.717) is 18.5 Å². The highest BCUT2D eigenvalue weighted by atomic mass is 35.5. The lowest BCUT2D eigenvalue weighted by atomic mass is 10.2. The summed E-state index contributed by atoms with van der Waals surface area (Å²) < 4.78 is 2.89. The van der Waals surface area contributed by atoms with Gasteiger partial charge in [0.05, 0.1) is 18.2 Å². The first-order chi connectivity index (χ1) is 9.54. The van der Waals surface area contributed by atoms with Gasteiger partial charge >= 0.3 is 5.69 Å². The average Bonchev–Trinajstić information content (AvgIpc) is 2.87. The van der Waals surface area contributed by atoms with Crippen molar-refractivity contribution < 1.29 is 0 Å². The molecule has 2 aromatic heterocycles. The molecule has 20 heavy (non-hydrogen) atoms. The van der Waals surface area contributed by atoms with Gasteiger partial charge in [-0.1, -0.05) is 24.9 Å².